The molecule has 4 heteroatoms. The Labute approximate surface area is 206 Å². The molecule has 0 aromatic carbocycles. The molecule has 0 saturated heterocycles. The first-order valence-corrected chi connectivity index (χ1v) is 9.16. The number of hydrogen-bond donors (Lipinski definition) is 0. The first-order valence-electron chi connectivity index (χ1n) is 8.03. The fraction of sp³-hybridized carbons (Fsp3) is 0.167. The molecule has 0 N–H and O–H groups in total. The minimum atomic E-state index is -0.0417. The summed E-state index contributed by atoms with van der Waals surface area (Å²) in [6, 6.07) is 0. The summed E-state index contributed by atoms with van der Waals surface area (Å²) in [6.07, 6.45) is 28.0. The minimum Gasteiger partial charge on any atom is -0.124 e. The van der Waals surface area contributed by atoms with E-state index in [4.69, 9.17) is 41.2 Å². The molecule has 3 aliphatic rings. The molecular formula is C24H23BiCl3. The standard InChI is InChI=1S/3C6H4Cl.C6H9.Bi.H2/c3*7-6-4-2-1-3-5-6;1-5-6(2,3)4;;/h3*2-5H;2-4H3;;1H. The van der Waals surface area contributed by atoms with Gasteiger partial charge in [-0.3, -0.25) is 0 Å². The summed E-state index contributed by atoms with van der Waals surface area (Å²) in [5.74, 6) is 2.35. The Kier molecular flexibility index (Phi) is 19.0. The van der Waals surface area contributed by atoms with E-state index in [1.807, 2.05) is 20.8 Å². The van der Waals surface area contributed by atoms with Crippen LogP contribution in [-0.2, 0) is 0 Å². The summed E-state index contributed by atoms with van der Waals surface area (Å²) >= 11 is 16.6. The molecule has 3 rings (SSSR count). The second kappa shape index (κ2) is 18.1. The maximum atomic E-state index is 6.60. The molecule has 0 fully saturated rings. The van der Waals surface area contributed by atoms with E-state index in [-0.39, 0.29) is 33.0 Å². The van der Waals surface area contributed by atoms with Gasteiger partial charge in [0.15, 0.2) is 0 Å². The second-order valence-corrected chi connectivity index (χ2v) is 7.34. The van der Waals surface area contributed by atoms with Crippen LogP contribution in [0.1, 0.15) is 22.2 Å². The van der Waals surface area contributed by atoms with Gasteiger partial charge in [0, 0.05) is 67.4 Å². The van der Waals surface area contributed by atoms with Gasteiger partial charge in [-0.2, -0.15) is 0 Å². The summed E-state index contributed by atoms with van der Waals surface area (Å²) in [5.41, 5.74) is 8.50. The maximum Gasteiger partial charge on any atom is 0.0320 e. The van der Waals surface area contributed by atoms with Gasteiger partial charge in [0.2, 0.25) is 0 Å². The van der Waals surface area contributed by atoms with Crippen molar-refractivity contribution in [2.75, 3.05) is 0 Å². The number of allylic oxidation sites excluding steroid dienone is 9. The monoisotopic (exact) mass is 625 g/mol. The van der Waals surface area contributed by atoms with Crippen LogP contribution in [0.2, 0.25) is 0 Å². The second-order valence-electron chi connectivity index (χ2n) is 6.03. The molecule has 3 aliphatic carbocycles. The van der Waals surface area contributed by atoms with Crippen LogP contribution in [0, 0.1) is 37.0 Å². The first kappa shape index (κ1) is 29.3. The first-order chi connectivity index (χ1) is 12.7. The van der Waals surface area contributed by atoms with Gasteiger partial charge in [-0.05, 0) is 81.9 Å². The van der Waals surface area contributed by atoms with Crippen LogP contribution in [0.25, 0.3) is 0 Å². The Bertz CT molecular complexity index is 706. The zero-order chi connectivity index (χ0) is 20.5. The van der Waals surface area contributed by atoms with Crippen molar-refractivity contribution in [2.45, 2.75) is 20.8 Å². The minimum absolute atomic E-state index is 0. The molecular weight excluding hydrogens is 604 g/mol. The molecule has 0 bridgehead atoms. The molecule has 0 nitrogen and oxygen atoms in total. The predicted octanol–water partition coefficient (Wildman–Crippen LogP) is 7.60. The van der Waals surface area contributed by atoms with Gasteiger partial charge in [-0.15, -0.1) is 17.2 Å². The van der Waals surface area contributed by atoms with Gasteiger partial charge in [0.1, 0.15) is 0 Å². The van der Waals surface area contributed by atoms with E-state index in [0.29, 0.717) is 0 Å². The van der Waals surface area contributed by atoms with Crippen LogP contribution in [0.5, 0.6) is 0 Å². The Balaban J connectivity index is -0.000000305. The van der Waals surface area contributed by atoms with Crippen LogP contribution in [0.4, 0.5) is 0 Å². The fourth-order valence-corrected chi connectivity index (χ4v) is 1.48. The molecule has 0 aromatic rings. The summed E-state index contributed by atoms with van der Waals surface area (Å²) in [5, 5.41) is 2.29. The Hall–Kier alpha value is -0.907. The van der Waals surface area contributed by atoms with Crippen LogP contribution in [-0.4, -0.2) is 26.2 Å². The van der Waals surface area contributed by atoms with Crippen molar-refractivity contribution >= 4 is 61.0 Å². The fourth-order valence-electron chi connectivity index (χ4n) is 1.10. The predicted molar refractivity (Wildman–Crippen MR) is 127 cm³/mol. The summed E-state index contributed by atoms with van der Waals surface area (Å²) in [6.45, 7) is 5.83. The van der Waals surface area contributed by atoms with Crippen LogP contribution in [0.3, 0.4) is 0 Å². The van der Waals surface area contributed by atoms with Crippen LogP contribution in [0.15, 0.2) is 87.0 Å². The van der Waals surface area contributed by atoms with Crippen molar-refractivity contribution in [1.82, 2.24) is 0 Å². The normalized spacial score (nSPS) is 15.0. The molecule has 0 aliphatic heterocycles. The largest absolute Gasteiger partial charge is 0.124 e. The molecule has 28 heavy (non-hydrogen) atoms. The number of halogens is 3. The third-order valence-electron chi connectivity index (χ3n) is 2.41. The zero-order valence-corrected chi connectivity index (χ0v) is 21.8. The van der Waals surface area contributed by atoms with E-state index in [2.05, 4.69) is 23.1 Å². The molecule has 0 saturated carbocycles. The summed E-state index contributed by atoms with van der Waals surface area (Å²) in [7, 11) is 0. The quantitative estimate of drug-likeness (QED) is 0.148. The van der Waals surface area contributed by atoms with Crippen molar-refractivity contribution in [3.63, 3.8) is 0 Å². The van der Waals surface area contributed by atoms with E-state index in [9.17, 15) is 0 Å². The van der Waals surface area contributed by atoms with Gasteiger partial charge in [0.25, 0.3) is 0 Å². The van der Waals surface area contributed by atoms with Gasteiger partial charge in [0.05, 0.1) is 0 Å². The summed E-state index contributed by atoms with van der Waals surface area (Å²) in [4.78, 5) is 0. The van der Waals surface area contributed by atoms with E-state index in [0.717, 1.165) is 15.1 Å². The van der Waals surface area contributed by atoms with Crippen LogP contribution >= 0.6 is 34.8 Å². The molecule has 0 spiro atoms. The van der Waals surface area contributed by atoms with E-state index in [1.165, 1.54) is 0 Å². The Morgan fingerprint density at radius 1 is 0.714 bits per heavy atom. The molecule has 0 unspecified atom stereocenters. The molecule has 145 valence electrons. The third-order valence-corrected chi connectivity index (χ3v) is 3.16. The summed E-state index contributed by atoms with van der Waals surface area (Å²) < 4.78 is 0. The Morgan fingerprint density at radius 3 is 1.04 bits per heavy atom. The topological polar surface area (TPSA) is 0 Å². The molecule has 0 atom stereocenters. The number of rotatable bonds is 0. The van der Waals surface area contributed by atoms with Crippen molar-refractivity contribution in [3.05, 3.63) is 113 Å². The van der Waals surface area contributed by atoms with E-state index in [1.54, 1.807) is 73.9 Å². The van der Waals surface area contributed by atoms with E-state index < -0.39 is 0 Å². The van der Waals surface area contributed by atoms with Gasteiger partial charge in [-0.25, -0.2) is 0 Å². The van der Waals surface area contributed by atoms with E-state index >= 15 is 0 Å². The number of hydrogen-bond acceptors (Lipinski definition) is 0. The maximum absolute atomic E-state index is 6.60. The third kappa shape index (κ3) is 21.4. The van der Waals surface area contributed by atoms with Crippen LogP contribution < -0.4 is 0 Å². The SMILES string of the molecule is ClC1=CC=C=C[CH]1.ClC1=CC=C=C[CH]1.ClC1=CC=C=C[CH]1.[Bi].[C]#CC(C)(C)C.[HH]. The molecule has 0 amide bonds. The van der Waals surface area contributed by atoms with Gasteiger partial charge < -0.3 is 0 Å². The smallest absolute Gasteiger partial charge is 0.0320 e. The average Bonchev–Trinajstić information content (AvgIpc) is 2.65. The van der Waals surface area contributed by atoms with Gasteiger partial charge in [-0.1, -0.05) is 40.7 Å². The van der Waals surface area contributed by atoms with Gasteiger partial charge >= 0.3 is 0 Å². The average molecular weight is 627 g/mol. The Morgan fingerprint density at radius 2 is 0.964 bits per heavy atom. The molecule has 7 radical (unpaired) electrons. The van der Waals surface area contributed by atoms with Crippen molar-refractivity contribution in [1.29, 1.82) is 0 Å². The van der Waals surface area contributed by atoms with Crippen molar-refractivity contribution in [3.8, 4) is 5.92 Å². The van der Waals surface area contributed by atoms with Crippen molar-refractivity contribution in [2.24, 2.45) is 5.41 Å². The molecule has 0 heterocycles. The van der Waals surface area contributed by atoms with Crippen molar-refractivity contribution < 1.29 is 1.43 Å². The molecule has 0 aromatic heterocycles. The zero-order valence-electron chi connectivity index (χ0n) is 16.0.